The maximum atomic E-state index is 6.24. The van der Waals surface area contributed by atoms with Crippen molar-refractivity contribution in [3.63, 3.8) is 0 Å². The minimum atomic E-state index is 0.389. The average molecular weight is 442 g/mol. The lowest BCUT2D eigenvalue weighted by molar-refractivity contribution is 0.280. The number of nitrogens with one attached hydrogen (secondary N) is 1. The second kappa shape index (κ2) is 10.8. The molecule has 0 aromatic heterocycles. The highest BCUT2D eigenvalue weighted by atomic mass is 79.9. The van der Waals surface area contributed by atoms with Crippen LogP contribution in [0.4, 0.5) is 0 Å². The predicted molar refractivity (Wildman–Crippen MR) is 111 cm³/mol. The molecule has 0 unspecified atom stereocenters. The first-order valence-corrected chi connectivity index (χ1v) is 9.77. The van der Waals surface area contributed by atoms with Gasteiger partial charge in [-0.3, -0.25) is 0 Å². The Bertz CT molecular complexity index is 710. The predicted octanol–water partition coefficient (Wildman–Crippen LogP) is 4.73. The summed E-state index contributed by atoms with van der Waals surface area (Å²) in [5.74, 6) is 1.45. The summed E-state index contributed by atoms with van der Waals surface area (Å²) in [4.78, 5) is 2.18. The normalized spacial score (nSPS) is 11.0. The second-order valence-electron chi connectivity index (χ2n) is 6.27. The monoisotopic (exact) mass is 440 g/mol. The molecule has 26 heavy (non-hydrogen) atoms. The molecule has 0 aliphatic heterocycles. The molecule has 1 N–H and O–H groups in total. The van der Waals surface area contributed by atoms with Crippen molar-refractivity contribution in [1.29, 1.82) is 0 Å². The van der Waals surface area contributed by atoms with Crippen LogP contribution in [0.15, 0.2) is 40.9 Å². The van der Waals surface area contributed by atoms with E-state index < -0.39 is 0 Å². The van der Waals surface area contributed by atoms with Crippen LogP contribution in [0.3, 0.4) is 0 Å². The molecule has 0 heterocycles. The number of methoxy groups -OCH3 is 1. The highest BCUT2D eigenvalue weighted by Gasteiger charge is 2.15. The zero-order valence-corrected chi connectivity index (χ0v) is 17.9. The average Bonchev–Trinajstić information content (AvgIpc) is 2.62. The van der Waals surface area contributed by atoms with Gasteiger partial charge in [0.1, 0.15) is 6.61 Å². The molecule has 0 spiro atoms. The maximum Gasteiger partial charge on any atom is 0.167 e. The number of nitrogens with zero attached hydrogens (tertiary/aromatic N) is 1. The molecular formula is C20H26BrClN2O2. The van der Waals surface area contributed by atoms with Gasteiger partial charge in [-0.2, -0.15) is 0 Å². The van der Waals surface area contributed by atoms with Crippen LogP contribution in [-0.2, 0) is 13.2 Å². The summed E-state index contributed by atoms with van der Waals surface area (Å²) in [5.41, 5.74) is 1.99. The van der Waals surface area contributed by atoms with Crippen LogP contribution in [0.5, 0.6) is 11.5 Å². The lowest BCUT2D eigenvalue weighted by Gasteiger charge is -2.18. The van der Waals surface area contributed by atoms with Crippen molar-refractivity contribution in [3.8, 4) is 11.5 Å². The molecule has 2 aromatic rings. The van der Waals surface area contributed by atoms with Gasteiger partial charge in [0.05, 0.1) is 7.11 Å². The van der Waals surface area contributed by atoms with Gasteiger partial charge in [-0.1, -0.05) is 45.7 Å². The third-order valence-corrected chi connectivity index (χ3v) is 5.09. The molecule has 2 aromatic carbocycles. The van der Waals surface area contributed by atoms with Gasteiger partial charge in [0.2, 0.25) is 0 Å². The number of hydrogen-bond donors (Lipinski definition) is 1. The molecule has 0 atom stereocenters. The van der Waals surface area contributed by atoms with Gasteiger partial charge < -0.3 is 19.7 Å². The van der Waals surface area contributed by atoms with Gasteiger partial charge in [-0.15, -0.1) is 0 Å². The van der Waals surface area contributed by atoms with E-state index in [9.17, 15) is 0 Å². The lowest BCUT2D eigenvalue weighted by Crippen LogP contribution is -2.21. The van der Waals surface area contributed by atoms with Crippen molar-refractivity contribution < 1.29 is 9.47 Å². The minimum absolute atomic E-state index is 0.389. The number of halogens is 2. The van der Waals surface area contributed by atoms with E-state index in [1.54, 1.807) is 7.11 Å². The van der Waals surface area contributed by atoms with E-state index in [-0.39, 0.29) is 0 Å². The molecule has 6 heteroatoms. The van der Waals surface area contributed by atoms with Crippen LogP contribution < -0.4 is 14.8 Å². The third-order valence-electron chi connectivity index (χ3n) is 3.98. The summed E-state index contributed by atoms with van der Waals surface area (Å²) >= 11 is 9.88. The van der Waals surface area contributed by atoms with Gasteiger partial charge in [0.25, 0.3) is 0 Å². The summed E-state index contributed by atoms with van der Waals surface area (Å²) in [7, 11) is 5.82. The summed E-state index contributed by atoms with van der Waals surface area (Å²) in [5, 5.41) is 4.18. The van der Waals surface area contributed by atoms with E-state index in [4.69, 9.17) is 21.1 Å². The van der Waals surface area contributed by atoms with Crippen molar-refractivity contribution in [2.45, 2.75) is 19.6 Å². The largest absolute Gasteiger partial charge is 0.493 e. The fourth-order valence-electron chi connectivity index (χ4n) is 2.57. The number of ether oxygens (including phenoxy) is 2. The van der Waals surface area contributed by atoms with Gasteiger partial charge in [0.15, 0.2) is 11.5 Å². The summed E-state index contributed by atoms with van der Waals surface area (Å²) in [6, 6.07) is 11.6. The zero-order chi connectivity index (χ0) is 18.9. The van der Waals surface area contributed by atoms with Gasteiger partial charge in [-0.25, -0.2) is 0 Å². The van der Waals surface area contributed by atoms with E-state index in [0.717, 1.165) is 40.9 Å². The van der Waals surface area contributed by atoms with Crippen LogP contribution >= 0.6 is 27.5 Å². The Labute approximate surface area is 169 Å². The van der Waals surface area contributed by atoms with E-state index in [0.29, 0.717) is 23.9 Å². The first-order valence-electron chi connectivity index (χ1n) is 8.60. The quantitative estimate of drug-likeness (QED) is 0.540. The zero-order valence-electron chi connectivity index (χ0n) is 15.5. The van der Waals surface area contributed by atoms with Crippen molar-refractivity contribution in [1.82, 2.24) is 10.2 Å². The van der Waals surface area contributed by atoms with Crippen molar-refractivity contribution in [3.05, 3.63) is 57.0 Å². The molecule has 0 aliphatic rings. The lowest BCUT2D eigenvalue weighted by atomic mass is 10.1. The number of benzene rings is 2. The molecule has 0 fully saturated rings. The van der Waals surface area contributed by atoms with E-state index in [1.807, 2.05) is 36.4 Å². The second-order valence-corrected chi connectivity index (χ2v) is 7.53. The Morgan fingerprint density at radius 1 is 1.15 bits per heavy atom. The number of rotatable bonds is 10. The van der Waals surface area contributed by atoms with Crippen LogP contribution in [0.2, 0.25) is 5.02 Å². The molecule has 2 rings (SSSR count). The highest BCUT2D eigenvalue weighted by Crippen LogP contribution is 2.37. The fraction of sp³-hybridized carbons (Fsp3) is 0.400. The summed E-state index contributed by atoms with van der Waals surface area (Å²) in [6.45, 7) is 3.08. The standard InChI is InChI=1S/C20H26BrClN2O2/c1-24(2)12-6-11-23-13-16-17(21)9-10-19(25-3)20(16)26-14-15-7-4-5-8-18(15)22/h4-5,7-10,23H,6,11-14H2,1-3H3. The highest BCUT2D eigenvalue weighted by molar-refractivity contribution is 9.10. The Morgan fingerprint density at radius 3 is 2.62 bits per heavy atom. The van der Waals surface area contributed by atoms with Gasteiger partial charge >= 0.3 is 0 Å². The molecule has 0 bridgehead atoms. The van der Waals surface area contributed by atoms with Crippen LogP contribution in [0, 0.1) is 0 Å². The molecule has 0 saturated heterocycles. The SMILES string of the molecule is COc1ccc(Br)c(CNCCCN(C)C)c1OCc1ccccc1Cl. The molecular weight excluding hydrogens is 416 g/mol. The van der Waals surface area contributed by atoms with Crippen LogP contribution in [0.25, 0.3) is 0 Å². The Hall–Kier alpha value is -1.27. The Morgan fingerprint density at radius 2 is 1.92 bits per heavy atom. The van der Waals surface area contributed by atoms with Gasteiger partial charge in [0, 0.05) is 27.2 Å². The first kappa shape index (κ1) is 21.0. The first-order chi connectivity index (χ1) is 12.5. The smallest absolute Gasteiger partial charge is 0.167 e. The van der Waals surface area contributed by atoms with E-state index in [2.05, 4.69) is 40.2 Å². The van der Waals surface area contributed by atoms with Crippen LogP contribution in [-0.4, -0.2) is 39.2 Å². The van der Waals surface area contributed by atoms with Gasteiger partial charge in [-0.05, 0) is 51.8 Å². The fourth-order valence-corrected chi connectivity index (χ4v) is 3.21. The third kappa shape index (κ3) is 6.16. The minimum Gasteiger partial charge on any atom is -0.493 e. The van der Waals surface area contributed by atoms with Crippen molar-refractivity contribution in [2.75, 3.05) is 34.3 Å². The van der Waals surface area contributed by atoms with Crippen molar-refractivity contribution >= 4 is 27.5 Å². The van der Waals surface area contributed by atoms with E-state index >= 15 is 0 Å². The number of hydrogen-bond acceptors (Lipinski definition) is 4. The Kier molecular flexibility index (Phi) is 8.72. The van der Waals surface area contributed by atoms with Crippen molar-refractivity contribution in [2.24, 2.45) is 0 Å². The molecule has 0 aliphatic carbocycles. The molecule has 0 amide bonds. The molecule has 142 valence electrons. The Balaban J connectivity index is 2.10. The molecule has 0 saturated carbocycles. The maximum absolute atomic E-state index is 6.24. The molecule has 0 radical (unpaired) electrons. The van der Waals surface area contributed by atoms with E-state index in [1.165, 1.54) is 0 Å². The van der Waals surface area contributed by atoms with Crippen LogP contribution in [0.1, 0.15) is 17.5 Å². The topological polar surface area (TPSA) is 33.7 Å². The summed E-state index contributed by atoms with van der Waals surface area (Å²) in [6.07, 6.45) is 1.09. The molecule has 4 nitrogen and oxygen atoms in total. The summed E-state index contributed by atoms with van der Waals surface area (Å²) < 4.78 is 12.6.